The first-order valence-corrected chi connectivity index (χ1v) is 8.54. The Morgan fingerprint density at radius 1 is 1.42 bits per heavy atom. The number of anilines is 1. The largest absolute Gasteiger partial charge is 0.396 e. The van der Waals surface area contributed by atoms with E-state index in [0.29, 0.717) is 11.5 Å². The second-order valence-electron chi connectivity index (χ2n) is 3.43. The van der Waals surface area contributed by atoms with Crippen molar-refractivity contribution in [3.05, 3.63) is 22.2 Å². The molecule has 0 amide bonds. The summed E-state index contributed by atoms with van der Waals surface area (Å²) >= 11 is 13.1. The highest BCUT2D eigenvalue weighted by Crippen LogP contribution is 2.32. The van der Waals surface area contributed by atoms with Crippen LogP contribution in [0.25, 0.3) is 0 Å². The Morgan fingerprint density at radius 2 is 2.11 bits per heavy atom. The molecular formula is C11H12Cl2N2O2S2. The lowest BCUT2D eigenvalue weighted by Crippen LogP contribution is -2.26. The minimum atomic E-state index is -3.70. The molecule has 19 heavy (non-hydrogen) atoms. The van der Waals surface area contributed by atoms with Crippen molar-refractivity contribution < 1.29 is 8.42 Å². The van der Waals surface area contributed by atoms with Gasteiger partial charge in [0, 0.05) is 12.3 Å². The lowest BCUT2D eigenvalue weighted by Gasteiger charge is -2.10. The average molecular weight is 339 g/mol. The Balaban J connectivity index is 2.79. The molecule has 0 spiro atoms. The second-order valence-corrected chi connectivity index (χ2v) is 7.05. The van der Waals surface area contributed by atoms with Crippen molar-refractivity contribution >= 4 is 50.7 Å². The van der Waals surface area contributed by atoms with Gasteiger partial charge in [-0.3, -0.25) is 0 Å². The summed E-state index contributed by atoms with van der Waals surface area (Å²) in [5.74, 6) is 3.56. The standard InChI is InChI=1S/C11H12Cl2N2O2S2/c1-2-6-18-7-5-15-19(16,17)9-4-3-8(12)11(14)10(9)13/h1,3-4,15H,5-7,14H2. The van der Waals surface area contributed by atoms with E-state index >= 15 is 0 Å². The summed E-state index contributed by atoms with van der Waals surface area (Å²) in [6.45, 7) is 0.257. The van der Waals surface area contributed by atoms with Crippen LogP contribution >= 0.6 is 35.0 Å². The average Bonchev–Trinajstić information content (AvgIpc) is 2.35. The van der Waals surface area contributed by atoms with E-state index in [-0.39, 0.29) is 27.2 Å². The van der Waals surface area contributed by atoms with Gasteiger partial charge in [-0.2, -0.15) is 0 Å². The molecule has 0 heterocycles. The van der Waals surface area contributed by atoms with Crippen LogP contribution in [0, 0.1) is 12.3 Å². The van der Waals surface area contributed by atoms with Crippen molar-refractivity contribution in [2.45, 2.75) is 4.90 Å². The molecule has 0 aliphatic rings. The van der Waals surface area contributed by atoms with Crippen molar-refractivity contribution in [2.24, 2.45) is 0 Å². The Morgan fingerprint density at radius 3 is 2.74 bits per heavy atom. The van der Waals surface area contributed by atoms with Gasteiger partial charge in [-0.15, -0.1) is 18.2 Å². The summed E-state index contributed by atoms with van der Waals surface area (Å²) in [5, 5.41) is 0.143. The maximum Gasteiger partial charge on any atom is 0.242 e. The third-order valence-electron chi connectivity index (χ3n) is 2.10. The van der Waals surface area contributed by atoms with E-state index in [4.69, 9.17) is 35.4 Å². The van der Waals surface area contributed by atoms with Gasteiger partial charge in [0.1, 0.15) is 4.90 Å². The number of terminal acetylenes is 1. The van der Waals surface area contributed by atoms with Crippen LogP contribution in [-0.2, 0) is 10.0 Å². The maximum absolute atomic E-state index is 12.0. The Labute approximate surface area is 127 Å². The van der Waals surface area contributed by atoms with Gasteiger partial charge in [0.25, 0.3) is 0 Å². The fourth-order valence-electron chi connectivity index (χ4n) is 1.21. The Bertz CT molecular complexity index is 597. The molecule has 0 fully saturated rings. The van der Waals surface area contributed by atoms with Gasteiger partial charge in [-0.05, 0) is 12.1 Å². The van der Waals surface area contributed by atoms with Crippen molar-refractivity contribution in [1.82, 2.24) is 4.72 Å². The van der Waals surface area contributed by atoms with Crippen LogP contribution in [0.5, 0.6) is 0 Å². The molecule has 0 saturated carbocycles. The predicted octanol–water partition coefficient (Wildman–Crippen LogP) is 2.22. The van der Waals surface area contributed by atoms with Gasteiger partial charge < -0.3 is 5.73 Å². The topological polar surface area (TPSA) is 72.2 Å². The van der Waals surface area contributed by atoms with Crippen LogP contribution in [-0.4, -0.2) is 26.5 Å². The van der Waals surface area contributed by atoms with E-state index in [0.717, 1.165) is 0 Å². The highest BCUT2D eigenvalue weighted by Gasteiger charge is 2.20. The SMILES string of the molecule is C#CCSCCNS(=O)(=O)c1ccc(Cl)c(N)c1Cl. The fraction of sp³-hybridized carbons (Fsp3) is 0.273. The number of nitrogens with one attached hydrogen (secondary N) is 1. The number of nitrogen functional groups attached to an aromatic ring is 1. The normalized spacial score (nSPS) is 11.2. The van der Waals surface area contributed by atoms with Crippen LogP contribution < -0.4 is 10.5 Å². The molecule has 0 bridgehead atoms. The number of hydrogen-bond donors (Lipinski definition) is 2. The summed E-state index contributed by atoms with van der Waals surface area (Å²) in [7, 11) is -3.70. The molecule has 0 saturated heterocycles. The second kappa shape index (κ2) is 7.27. The van der Waals surface area contributed by atoms with Crippen molar-refractivity contribution in [3.8, 4) is 12.3 Å². The number of nitrogens with two attached hydrogens (primary N) is 1. The molecule has 4 nitrogen and oxygen atoms in total. The van der Waals surface area contributed by atoms with Crippen LogP contribution in [0.15, 0.2) is 17.0 Å². The molecule has 3 N–H and O–H groups in total. The van der Waals surface area contributed by atoms with Gasteiger partial charge >= 0.3 is 0 Å². The zero-order chi connectivity index (χ0) is 14.5. The molecule has 0 radical (unpaired) electrons. The fourth-order valence-corrected chi connectivity index (χ4v) is 3.65. The zero-order valence-electron chi connectivity index (χ0n) is 9.82. The summed E-state index contributed by atoms with van der Waals surface area (Å²) in [6, 6.07) is 2.71. The maximum atomic E-state index is 12.0. The number of thioether (sulfide) groups is 1. The van der Waals surface area contributed by atoms with Crippen LogP contribution in [0.4, 0.5) is 5.69 Å². The molecule has 1 aromatic rings. The predicted molar refractivity (Wildman–Crippen MR) is 82.2 cm³/mol. The number of rotatable bonds is 6. The molecular weight excluding hydrogens is 327 g/mol. The van der Waals surface area contributed by atoms with E-state index in [9.17, 15) is 8.42 Å². The first-order valence-electron chi connectivity index (χ1n) is 5.14. The van der Waals surface area contributed by atoms with E-state index in [1.165, 1.54) is 23.9 Å². The van der Waals surface area contributed by atoms with Gasteiger partial charge in [0.2, 0.25) is 10.0 Å². The number of halogens is 2. The molecule has 1 aromatic carbocycles. The third-order valence-corrected chi connectivity index (χ3v) is 5.32. The van der Waals surface area contributed by atoms with Gasteiger partial charge in [-0.1, -0.05) is 29.1 Å². The summed E-state index contributed by atoms with van der Waals surface area (Å²) < 4.78 is 26.4. The lowest BCUT2D eigenvalue weighted by atomic mass is 10.3. The zero-order valence-corrected chi connectivity index (χ0v) is 13.0. The van der Waals surface area contributed by atoms with E-state index in [2.05, 4.69) is 10.6 Å². The monoisotopic (exact) mass is 338 g/mol. The molecule has 0 unspecified atom stereocenters. The van der Waals surface area contributed by atoms with Gasteiger partial charge in [0.15, 0.2) is 0 Å². The number of benzene rings is 1. The van der Waals surface area contributed by atoms with Crippen molar-refractivity contribution in [1.29, 1.82) is 0 Å². The molecule has 104 valence electrons. The van der Waals surface area contributed by atoms with Gasteiger partial charge in [0.05, 0.1) is 21.5 Å². The summed E-state index contributed by atoms with van der Waals surface area (Å²) in [6.07, 6.45) is 5.08. The highest BCUT2D eigenvalue weighted by atomic mass is 35.5. The first kappa shape index (κ1) is 16.5. The quantitative estimate of drug-likeness (QED) is 0.474. The van der Waals surface area contributed by atoms with E-state index in [1.54, 1.807) is 0 Å². The lowest BCUT2D eigenvalue weighted by molar-refractivity contribution is 0.584. The van der Waals surface area contributed by atoms with E-state index < -0.39 is 10.0 Å². The minimum absolute atomic E-state index is 0.0490. The van der Waals surface area contributed by atoms with Crippen molar-refractivity contribution in [2.75, 3.05) is 23.8 Å². The summed E-state index contributed by atoms with van der Waals surface area (Å²) in [5.41, 5.74) is 5.64. The molecule has 8 heteroatoms. The van der Waals surface area contributed by atoms with E-state index in [1.807, 2.05) is 0 Å². The van der Waals surface area contributed by atoms with Crippen LogP contribution in [0.1, 0.15) is 0 Å². The first-order chi connectivity index (χ1) is 8.90. The Hall–Kier alpha value is -0.580. The van der Waals surface area contributed by atoms with Crippen molar-refractivity contribution in [3.63, 3.8) is 0 Å². The number of sulfonamides is 1. The molecule has 0 aliphatic heterocycles. The van der Waals surface area contributed by atoms with Crippen LogP contribution in [0.2, 0.25) is 10.0 Å². The molecule has 1 rings (SSSR count). The third kappa shape index (κ3) is 4.48. The van der Waals surface area contributed by atoms with Gasteiger partial charge in [-0.25, -0.2) is 13.1 Å². The number of hydrogen-bond acceptors (Lipinski definition) is 4. The summed E-state index contributed by atoms with van der Waals surface area (Å²) in [4.78, 5) is -0.0852. The molecule has 0 aromatic heterocycles. The smallest absolute Gasteiger partial charge is 0.242 e. The molecule has 0 aliphatic carbocycles. The highest BCUT2D eigenvalue weighted by molar-refractivity contribution is 7.99. The van der Waals surface area contributed by atoms with Crippen LogP contribution in [0.3, 0.4) is 0 Å². The molecule has 0 atom stereocenters. The minimum Gasteiger partial charge on any atom is -0.396 e. The Kier molecular flexibility index (Phi) is 6.30.